The molecule has 67 heavy (non-hydrogen) atoms. The molecule has 31 heteroatoms. The molecule has 0 aliphatic carbocycles. The van der Waals surface area contributed by atoms with E-state index < -0.39 is 127 Å². The number of nitrogens with one attached hydrogen (secondary N) is 8. The number of nitrogens with zero attached hydrogens (tertiary/aromatic N) is 2. The summed E-state index contributed by atoms with van der Waals surface area (Å²) in [7, 11) is 1.90. The standard InChI is InChI=1S/C36H65N17O12S2/c1-17(54)27-33(63)52-19(7-4-10-44-35(40)41)29(59)47-14-26(57)49-23(34(64)65)16-67-66-15-18(38)28(58)46-13-25(56)48-22(12-24(39)55)32(62)51-20(6-2-3-9-37)30(60)50-21(31(61)53-27)8-5-11-45-36(42)43/h17-23,27,54H,2-16,37-38H2,1H3,(H2,39,55)(H,46,58)(H,47,59)(H,48,56)(H,49,57)(H,50,60)(H,51,62)(H,52,63)(H,53,61)(H,64,65)(H4,40,41,44)(H4,42,43,45)/t17-,18+,19+,20+,21+,22+,23+,27+/m1/s1. The zero-order valence-corrected chi connectivity index (χ0v) is 38.6. The highest BCUT2D eigenvalue weighted by atomic mass is 33.1. The van der Waals surface area contributed by atoms with Crippen LogP contribution >= 0.6 is 21.6 Å². The van der Waals surface area contributed by atoms with Crippen molar-refractivity contribution in [3.63, 3.8) is 0 Å². The molecule has 8 atom stereocenters. The third-order valence-corrected chi connectivity index (χ3v) is 11.7. The monoisotopic (exact) mass is 991 g/mol. The average Bonchev–Trinajstić information content (AvgIpc) is 3.25. The zero-order chi connectivity index (χ0) is 50.6. The molecule has 1 rings (SSSR count). The van der Waals surface area contributed by atoms with Crippen LogP contribution in [0.3, 0.4) is 0 Å². The van der Waals surface area contributed by atoms with E-state index in [-0.39, 0.29) is 81.6 Å². The van der Waals surface area contributed by atoms with E-state index in [9.17, 15) is 58.2 Å². The summed E-state index contributed by atoms with van der Waals surface area (Å²) in [5, 5.41) is 39.3. The Bertz CT molecular complexity index is 1790. The van der Waals surface area contributed by atoms with E-state index in [4.69, 9.17) is 40.1 Å². The molecule has 9 amide bonds. The SMILES string of the molecule is C[C@@H](O)[C@@H]1NC(=O)[C@H](CCCN=C(N)N)NC(=O)[C@H](CCCCN)NC(=O)[C@H](CC(N)=O)NC(=O)CNC(=O)[C@@H](N)CSSC[C@@H](C(=O)O)NC(=O)CNC(=O)[C@H](CCCN=C(N)N)NC1=O. The number of aliphatic hydroxyl groups is 1. The van der Waals surface area contributed by atoms with Crippen LogP contribution in [0, 0.1) is 0 Å². The van der Waals surface area contributed by atoms with E-state index in [0.717, 1.165) is 28.5 Å². The van der Waals surface area contributed by atoms with Crippen molar-refractivity contribution >= 4 is 92.6 Å². The maximum atomic E-state index is 13.9. The molecular weight excluding hydrogens is 927 g/mol. The molecular formula is C36H65N17O12S2. The lowest BCUT2D eigenvalue weighted by molar-refractivity contribution is -0.141. The first-order valence-corrected chi connectivity index (χ1v) is 23.4. The van der Waals surface area contributed by atoms with E-state index in [1.54, 1.807) is 0 Å². The smallest absolute Gasteiger partial charge is 0.327 e. The third-order valence-electron chi connectivity index (χ3n) is 9.24. The highest BCUT2D eigenvalue weighted by Crippen LogP contribution is 2.22. The molecule has 0 aromatic heterocycles. The van der Waals surface area contributed by atoms with Gasteiger partial charge in [0.1, 0.15) is 36.3 Å². The van der Waals surface area contributed by atoms with Crippen molar-refractivity contribution in [1.29, 1.82) is 0 Å². The lowest BCUT2D eigenvalue weighted by Gasteiger charge is -2.28. The van der Waals surface area contributed by atoms with Gasteiger partial charge >= 0.3 is 5.97 Å². The molecule has 0 aromatic rings. The van der Waals surface area contributed by atoms with Crippen LogP contribution in [0.2, 0.25) is 0 Å². The number of hydrogen-bond donors (Lipinski definition) is 17. The summed E-state index contributed by atoms with van der Waals surface area (Å²) < 4.78 is 0. The third kappa shape index (κ3) is 24.8. The van der Waals surface area contributed by atoms with Crippen LogP contribution in [0.15, 0.2) is 9.98 Å². The fourth-order valence-electron chi connectivity index (χ4n) is 5.75. The summed E-state index contributed by atoms with van der Waals surface area (Å²) in [6, 6.07) is -10.5. The van der Waals surface area contributed by atoms with Gasteiger partial charge in [-0.3, -0.25) is 53.1 Å². The first-order chi connectivity index (χ1) is 31.5. The molecule has 0 aromatic carbocycles. The molecule has 0 unspecified atom stereocenters. The molecule has 378 valence electrons. The molecule has 29 nitrogen and oxygen atoms in total. The first-order valence-electron chi connectivity index (χ1n) is 20.9. The van der Waals surface area contributed by atoms with Crippen LogP contribution in [0.25, 0.3) is 0 Å². The molecule has 1 aliphatic heterocycles. The molecule has 0 radical (unpaired) electrons. The number of rotatable bonds is 16. The average molecular weight is 992 g/mol. The number of nitrogens with two attached hydrogens (primary N) is 7. The minimum absolute atomic E-state index is 0.0000806. The van der Waals surface area contributed by atoms with Crippen LogP contribution in [-0.4, -0.2) is 174 Å². The fourth-order valence-corrected chi connectivity index (χ4v) is 8.03. The van der Waals surface area contributed by atoms with E-state index in [0.29, 0.717) is 6.42 Å². The van der Waals surface area contributed by atoms with Crippen LogP contribution in [-0.2, 0) is 47.9 Å². The Kier molecular flexibility index (Phi) is 27.8. The van der Waals surface area contributed by atoms with Gasteiger partial charge in [0.25, 0.3) is 0 Å². The Morgan fingerprint density at radius 1 is 0.627 bits per heavy atom. The number of unbranched alkanes of at least 4 members (excludes halogenated alkanes) is 1. The van der Waals surface area contributed by atoms with Crippen molar-refractivity contribution in [2.75, 3.05) is 44.2 Å². The Hall–Kier alpha value is -6.18. The highest BCUT2D eigenvalue weighted by Gasteiger charge is 2.35. The van der Waals surface area contributed by atoms with Crippen molar-refractivity contribution < 1.29 is 58.2 Å². The van der Waals surface area contributed by atoms with Crippen molar-refractivity contribution in [3.05, 3.63) is 0 Å². The summed E-state index contributed by atoms with van der Waals surface area (Å²) in [5.41, 5.74) is 38.6. The van der Waals surface area contributed by atoms with Crippen molar-refractivity contribution in [1.82, 2.24) is 42.5 Å². The number of carboxylic acids is 1. The van der Waals surface area contributed by atoms with Gasteiger partial charge in [0.05, 0.1) is 31.7 Å². The van der Waals surface area contributed by atoms with Gasteiger partial charge < -0.3 is 92.9 Å². The quantitative estimate of drug-likeness (QED) is 0.0295. The zero-order valence-electron chi connectivity index (χ0n) is 37.0. The number of primary amides is 1. The topological polar surface area (TPSA) is 514 Å². The first kappa shape index (κ1) is 58.8. The van der Waals surface area contributed by atoms with E-state index in [1.165, 1.54) is 0 Å². The Morgan fingerprint density at radius 2 is 1.09 bits per heavy atom. The summed E-state index contributed by atoms with van der Waals surface area (Å²) >= 11 is 0. The number of amides is 9. The van der Waals surface area contributed by atoms with Gasteiger partial charge in [-0.1, -0.05) is 21.6 Å². The van der Waals surface area contributed by atoms with Crippen molar-refractivity contribution in [2.45, 2.75) is 107 Å². The lowest BCUT2D eigenvalue weighted by Crippen LogP contribution is -2.61. The van der Waals surface area contributed by atoms with Gasteiger partial charge in [-0.15, -0.1) is 0 Å². The molecule has 1 fully saturated rings. The van der Waals surface area contributed by atoms with Crippen molar-refractivity contribution in [3.8, 4) is 0 Å². The molecule has 0 bridgehead atoms. The second-order valence-corrected chi connectivity index (χ2v) is 17.5. The number of aliphatic hydroxyl groups excluding tert-OH is 1. The Balaban J connectivity index is 3.71. The molecule has 1 saturated heterocycles. The summed E-state index contributed by atoms with van der Waals surface area (Å²) in [5.74, 6) is -11.1. The second-order valence-electron chi connectivity index (χ2n) is 15.0. The number of carbonyl (C=O) groups is 10. The predicted molar refractivity (Wildman–Crippen MR) is 246 cm³/mol. The number of carboxylic acid groups (broad SMARTS) is 1. The van der Waals surface area contributed by atoms with Gasteiger partial charge in [-0.25, -0.2) is 4.79 Å². The number of guanidine groups is 2. The summed E-state index contributed by atoms with van der Waals surface area (Å²) in [6.45, 7) is -0.148. The minimum atomic E-state index is -1.78. The summed E-state index contributed by atoms with van der Waals surface area (Å²) in [6.07, 6.45) is -1.95. The minimum Gasteiger partial charge on any atom is -0.480 e. The summed E-state index contributed by atoms with van der Waals surface area (Å²) in [4.78, 5) is 139. The molecule has 1 aliphatic rings. The largest absolute Gasteiger partial charge is 0.480 e. The predicted octanol–water partition coefficient (Wildman–Crippen LogP) is -8.57. The van der Waals surface area contributed by atoms with Crippen molar-refractivity contribution in [2.24, 2.45) is 50.1 Å². The van der Waals surface area contributed by atoms with Crippen LogP contribution in [0.4, 0.5) is 0 Å². The van der Waals surface area contributed by atoms with E-state index in [2.05, 4.69) is 52.5 Å². The normalized spacial score (nSPS) is 24.4. The van der Waals surface area contributed by atoms with Gasteiger partial charge in [-0.2, -0.15) is 0 Å². The van der Waals surface area contributed by atoms with Gasteiger partial charge in [-0.05, 0) is 58.4 Å². The highest BCUT2D eigenvalue weighted by molar-refractivity contribution is 8.76. The number of aliphatic imine (C=N–C) groups is 2. The van der Waals surface area contributed by atoms with E-state index >= 15 is 0 Å². The molecule has 24 N–H and O–H groups in total. The Labute approximate surface area is 393 Å². The van der Waals surface area contributed by atoms with Crippen LogP contribution in [0.5, 0.6) is 0 Å². The lowest BCUT2D eigenvalue weighted by atomic mass is 10.0. The maximum absolute atomic E-state index is 13.9. The number of aliphatic carboxylic acids is 1. The second kappa shape index (κ2) is 31.7. The molecule has 0 spiro atoms. The molecule has 1 heterocycles. The maximum Gasteiger partial charge on any atom is 0.327 e. The van der Waals surface area contributed by atoms with Gasteiger partial charge in [0, 0.05) is 24.6 Å². The van der Waals surface area contributed by atoms with Crippen LogP contribution in [0.1, 0.15) is 58.3 Å². The Morgan fingerprint density at radius 3 is 1.60 bits per heavy atom. The van der Waals surface area contributed by atoms with Crippen LogP contribution < -0.4 is 82.7 Å². The number of carbonyl (C=O) groups excluding carboxylic acids is 9. The fraction of sp³-hybridized carbons (Fsp3) is 0.667. The van der Waals surface area contributed by atoms with Gasteiger partial charge in [0.2, 0.25) is 53.2 Å². The molecule has 0 saturated carbocycles. The van der Waals surface area contributed by atoms with E-state index in [1.807, 2.05) is 0 Å². The number of hydrogen-bond acceptors (Lipinski definition) is 17. The van der Waals surface area contributed by atoms with Gasteiger partial charge in [0.15, 0.2) is 11.9 Å².